The summed E-state index contributed by atoms with van der Waals surface area (Å²) < 4.78 is 16.2. The van der Waals surface area contributed by atoms with E-state index >= 15 is 0 Å². The lowest BCUT2D eigenvalue weighted by atomic mass is 9.99. The number of halogens is 1. The highest BCUT2D eigenvalue weighted by atomic mass is 32.2. The molecule has 5 nitrogen and oxygen atoms in total. The Balaban J connectivity index is 1.88. The predicted octanol–water partition coefficient (Wildman–Crippen LogP) is 4.86. The second-order valence-corrected chi connectivity index (χ2v) is 8.37. The quantitative estimate of drug-likeness (QED) is 0.537. The van der Waals surface area contributed by atoms with E-state index < -0.39 is 0 Å². The number of hydrogen-bond donors (Lipinski definition) is 1. The Morgan fingerprint density at radius 3 is 2.48 bits per heavy atom. The minimum absolute atomic E-state index is 0.0662. The van der Waals surface area contributed by atoms with Crippen LogP contribution in [0.15, 0.2) is 59.8 Å². The first-order chi connectivity index (χ1) is 13.9. The molecule has 3 aromatic rings. The monoisotopic (exact) mass is 412 g/mol. The Hall–Kier alpha value is -2.67. The zero-order valence-corrected chi connectivity index (χ0v) is 17.7. The molecular weight excluding hydrogens is 387 g/mol. The fourth-order valence-corrected chi connectivity index (χ4v) is 3.97. The smallest absolute Gasteiger partial charge is 0.230 e. The van der Waals surface area contributed by atoms with E-state index in [1.807, 2.05) is 44.2 Å². The summed E-state index contributed by atoms with van der Waals surface area (Å²) in [7, 11) is 0. The molecule has 0 fully saturated rings. The van der Waals surface area contributed by atoms with Gasteiger partial charge in [0.05, 0.1) is 11.3 Å². The molecule has 0 unspecified atom stereocenters. The number of aromatic nitrogens is 3. The molecule has 3 rings (SSSR count). The third-order valence-corrected chi connectivity index (χ3v) is 5.38. The molecule has 0 radical (unpaired) electrons. The van der Waals surface area contributed by atoms with Crippen LogP contribution in [0, 0.1) is 5.82 Å². The van der Waals surface area contributed by atoms with Gasteiger partial charge in [-0.25, -0.2) is 4.39 Å². The lowest BCUT2D eigenvalue weighted by Crippen LogP contribution is -2.44. The summed E-state index contributed by atoms with van der Waals surface area (Å²) in [5.74, 6) is 0.176. The van der Waals surface area contributed by atoms with Crippen molar-refractivity contribution in [2.75, 3.05) is 5.75 Å². The predicted molar refractivity (Wildman–Crippen MR) is 115 cm³/mol. The molecule has 0 spiro atoms. The van der Waals surface area contributed by atoms with Crippen molar-refractivity contribution in [3.63, 3.8) is 0 Å². The molecule has 1 N–H and O–H groups in total. The van der Waals surface area contributed by atoms with Crippen LogP contribution >= 0.6 is 11.8 Å². The van der Waals surface area contributed by atoms with Crippen LogP contribution in [0.25, 0.3) is 17.1 Å². The molecule has 1 heterocycles. The number of nitrogens with one attached hydrogen (secondary N) is 1. The van der Waals surface area contributed by atoms with Crippen molar-refractivity contribution < 1.29 is 9.18 Å². The first-order valence-electron chi connectivity index (χ1n) is 9.61. The molecule has 152 valence electrons. The Morgan fingerprint density at radius 2 is 1.79 bits per heavy atom. The third-order valence-electron chi connectivity index (χ3n) is 4.45. The van der Waals surface area contributed by atoms with Crippen LogP contribution in [-0.4, -0.2) is 32.0 Å². The van der Waals surface area contributed by atoms with Crippen LogP contribution in [-0.2, 0) is 4.79 Å². The molecule has 1 amide bonds. The van der Waals surface area contributed by atoms with Gasteiger partial charge < -0.3 is 5.32 Å². The zero-order chi connectivity index (χ0) is 20.9. The topological polar surface area (TPSA) is 59.8 Å². The highest BCUT2D eigenvalue weighted by molar-refractivity contribution is 7.99. The maximum atomic E-state index is 14.4. The summed E-state index contributed by atoms with van der Waals surface area (Å²) >= 11 is 1.28. The van der Waals surface area contributed by atoms with Crippen molar-refractivity contribution in [1.29, 1.82) is 0 Å². The maximum Gasteiger partial charge on any atom is 0.230 e. The van der Waals surface area contributed by atoms with E-state index in [4.69, 9.17) is 0 Å². The number of carbonyl (C=O) groups is 1. The van der Waals surface area contributed by atoms with Crippen LogP contribution in [0.3, 0.4) is 0 Å². The van der Waals surface area contributed by atoms with Gasteiger partial charge in [-0.05, 0) is 44.5 Å². The number of hydrogen-bond acceptors (Lipinski definition) is 4. The van der Waals surface area contributed by atoms with Crippen LogP contribution in [0.1, 0.15) is 33.6 Å². The molecule has 0 saturated carbocycles. The van der Waals surface area contributed by atoms with Gasteiger partial charge in [-0.15, -0.1) is 10.2 Å². The van der Waals surface area contributed by atoms with Crippen LogP contribution in [0.2, 0.25) is 0 Å². The van der Waals surface area contributed by atoms with Gasteiger partial charge in [0.2, 0.25) is 5.91 Å². The Labute approximate surface area is 174 Å². The average molecular weight is 413 g/mol. The van der Waals surface area contributed by atoms with Crippen molar-refractivity contribution in [3.05, 3.63) is 60.4 Å². The zero-order valence-electron chi connectivity index (χ0n) is 16.9. The molecule has 0 atom stereocenters. The Bertz CT molecular complexity index is 972. The van der Waals surface area contributed by atoms with E-state index in [1.165, 1.54) is 17.8 Å². The van der Waals surface area contributed by atoms with Gasteiger partial charge in [-0.3, -0.25) is 9.36 Å². The maximum absolute atomic E-state index is 14.4. The van der Waals surface area contributed by atoms with E-state index in [9.17, 15) is 9.18 Å². The minimum Gasteiger partial charge on any atom is -0.350 e. The van der Waals surface area contributed by atoms with Gasteiger partial charge in [-0.1, -0.05) is 55.4 Å². The average Bonchev–Trinajstić information content (AvgIpc) is 3.10. The second-order valence-electron chi connectivity index (χ2n) is 7.43. The molecule has 29 heavy (non-hydrogen) atoms. The highest BCUT2D eigenvalue weighted by Gasteiger charge is 2.22. The van der Waals surface area contributed by atoms with Gasteiger partial charge in [0.1, 0.15) is 5.82 Å². The lowest BCUT2D eigenvalue weighted by Gasteiger charge is -2.25. The summed E-state index contributed by atoms with van der Waals surface area (Å²) in [6.07, 6.45) is 1.90. The highest BCUT2D eigenvalue weighted by Crippen LogP contribution is 2.29. The molecule has 7 heteroatoms. The fraction of sp³-hybridized carbons (Fsp3) is 0.318. The first-order valence-corrected chi connectivity index (χ1v) is 10.6. The van der Waals surface area contributed by atoms with Crippen molar-refractivity contribution in [1.82, 2.24) is 20.1 Å². The van der Waals surface area contributed by atoms with Crippen LogP contribution < -0.4 is 5.32 Å². The van der Waals surface area contributed by atoms with E-state index in [1.54, 1.807) is 22.8 Å². The van der Waals surface area contributed by atoms with E-state index in [0.717, 1.165) is 18.5 Å². The molecule has 0 saturated heterocycles. The second kappa shape index (κ2) is 9.22. The number of thioether (sulfide) groups is 1. The number of para-hydroxylation sites is 1. The molecule has 0 aliphatic carbocycles. The Morgan fingerprint density at radius 1 is 1.10 bits per heavy atom. The van der Waals surface area contributed by atoms with Gasteiger partial charge in [0, 0.05) is 11.2 Å². The molecule has 1 aromatic heterocycles. The SMILES string of the molecule is CCCC(C)(C)NC(=O)CSc1nnc(-c2ccccc2F)n1-c1ccccc1. The van der Waals surface area contributed by atoms with Gasteiger partial charge >= 0.3 is 0 Å². The summed E-state index contributed by atoms with van der Waals surface area (Å²) in [4.78, 5) is 12.4. The van der Waals surface area contributed by atoms with E-state index in [2.05, 4.69) is 22.4 Å². The largest absolute Gasteiger partial charge is 0.350 e. The summed E-state index contributed by atoms with van der Waals surface area (Å²) in [5, 5.41) is 12.1. The van der Waals surface area contributed by atoms with Gasteiger partial charge in [0.15, 0.2) is 11.0 Å². The van der Waals surface area contributed by atoms with Crippen LogP contribution in [0.4, 0.5) is 4.39 Å². The third kappa shape index (κ3) is 5.23. The number of amides is 1. The van der Waals surface area contributed by atoms with Gasteiger partial charge in [0.25, 0.3) is 0 Å². The minimum atomic E-state index is -0.368. The number of nitrogens with zero attached hydrogens (tertiary/aromatic N) is 3. The summed E-state index contributed by atoms with van der Waals surface area (Å²) in [6, 6.07) is 16.0. The first kappa shape index (κ1) is 21.0. The van der Waals surface area contributed by atoms with Crippen molar-refractivity contribution in [3.8, 4) is 17.1 Å². The number of carbonyl (C=O) groups excluding carboxylic acids is 1. The summed E-state index contributed by atoms with van der Waals surface area (Å²) in [6.45, 7) is 6.12. The summed E-state index contributed by atoms with van der Waals surface area (Å²) in [5.41, 5.74) is 0.923. The normalized spacial score (nSPS) is 11.4. The number of rotatable bonds is 8. The molecule has 2 aromatic carbocycles. The number of benzene rings is 2. The van der Waals surface area contributed by atoms with E-state index in [0.29, 0.717) is 16.5 Å². The van der Waals surface area contributed by atoms with Gasteiger partial charge in [-0.2, -0.15) is 0 Å². The van der Waals surface area contributed by atoms with E-state index in [-0.39, 0.29) is 23.0 Å². The van der Waals surface area contributed by atoms with Crippen LogP contribution in [0.5, 0.6) is 0 Å². The molecular formula is C22H25FN4OS. The van der Waals surface area contributed by atoms with Crippen molar-refractivity contribution in [2.45, 2.75) is 44.3 Å². The Kier molecular flexibility index (Phi) is 6.69. The van der Waals surface area contributed by atoms with Crippen molar-refractivity contribution >= 4 is 17.7 Å². The molecule has 0 bridgehead atoms. The van der Waals surface area contributed by atoms with Crippen molar-refractivity contribution in [2.24, 2.45) is 0 Å². The lowest BCUT2D eigenvalue weighted by molar-refractivity contribution is -0.120. The molecule has 0 aliphatic rings. The molecule has 0 aliphatic heterocycles. The standard InChI is InChI=1S/C22H25FN4OS/c1-4-14-22(2,3)24-19(28)15-29-21-26-25-20(17-12-8-9-13-18(17)23)27(21)16-10-6-5-7-11-16/h5-13H,4,14-15H2,1-3H3,(H,24,28). The fourth-order valence-electron chi connectivity index (χ4n) is 3.22.